The molecule has 1 saturated heterocycles. The van der Waals surface area contributed by atoms with Crippen molar-refractivity contribution in [1.82, 2.24) is 19.8 Å². The van der Waals surface area contributed by atoms with Gasteiger partial charge in [0.05, 0.1) is 23.6 Å². The number of carbonyl (C=O) groups excluding carboxylic acids is 1. The van der Waals surface area contributed by atoms with E-state index in [1.54, 1.807) is 18.6 Å². The fourth-order valence-corrected chi connectivity index (χ4v) is 6.29. The SMILES string of the molecule is Cc1ccc(C(c2cnc[nH]2)N2CCC(N(Cc3ccc(-c4ccccc4)cc3)C(=O)Nc3ccccc3)CC2)cc1C(F)(F)F. The zero-order valence-electron chi connectivity index (χ0n) is 25.5. The van der Waals surface area contributed by atoms with Gasteiger partial charge in [-0.25, -0.2) is 9.78 Å². The number of nitrogens with zero attached hydrogens (tertiary/aromatic N) is 3. The minimum absolute atomic E-state index is 0.0695. The Balaban J connectivity index is 1.23. The molecule has 4 aromatic carbocycles. The number of alkyl halides is 3. The maximum atomic E-state index is 13.9. The molecule has 9 heteroatoms. The predicted molar refractivity (Wildman–Crippen MR) is 174 cm³/mol. The smallest absolute Gasteiger partial charge is 0.347 e. The van der Waals surface area contributed by atoms with E-state index in [2.05, 4.69) is 56.6 Å². The number of nitrogens with one attached hydrogen (secondary N) is 2. The van der Waals surface area contributed by atoms with Gasteiger partial charge in [0.2, 0.25) is 0 Å². The molecule has 0 bridgehead atoms. The number of amides is 2. The molecule has 2 amide bonds. The zero-order valence-corrected chi connectivity index (χ0v) is 25.5. The summed E-state index contributed by atoms with van der Waals surface area (Å²) in [5, 5.41) is 3.06. The number of halogens is 3. The van der Waals surface area contributed by atoms with Crippen molar-refractivity contribution in [3.05, 3.63) is 144 Å². The molecule has 5 aromatic rings. The average Bonchev–Trinajstić information content (AvgIpc) is 3.60. The summed E-state index contributed by atoms with van der Waals surface area (Å²) in [6.45, 7) is 3.08. The van der Waals surface area contributed by atoms with Crippen molar-refractivity contribution in [2.45, 2.75) is 44.6 Å². The normalized spacial score (nSPS) is 15.0. The molecule has 2 heterocycles. The highest BCUT2D eigenvalue weighted by Crippen LogP contribution is 2.37. The van der Waals surface area contributed by atoms with Crippen molar-refractivity contribution in [1.29, 1.82) is 0 Å². The van der Waals surface area contributed by atoms with E-state index in [1.165, 1.54) is 19.1 Å². The Kier molecular flexibility index (Phi) is 9.21. The van der Waals surface area contributed by atoms with Gasteiger partial charge in [0, 0.05) is 37.6 Å². The molecule has 1 fully saturated rings. The molecule has 1 aliphatic rings. The lowest BCUT2D eigenvalue weighted by molar-refractivity contribution is -0.138. The number of anilines is 1. The van der Waals surface area contributed by atoms with Gasteiger partial charge < -0.3 is 15.2 Å². The molecule has 6 rings (SSSR count). The van der Waals surface area contributed by atoms with E-state index in [4.69, 9.17) is 0 Å². The number of imidazole rings is 1. The minimum atomic E-state index is -4.45. The number of urea groups is 1. The van der Waals surface area contributed by atoms with Crippen LogP contribution in [0.15, 0.2) is 116 Å². The maximum absolute atomic E-state index is 13.9. The van der Waals surface area contributed by atoms with Crippen LogP contribution in [0.25, 0.3) is 11.1 Å². The van der Waals surface area contributed by atoms with E-state index < -0.39 is 17.8 Å². The molecule has 0 saturated carbocycles. The summed E-state index contributed by atoms with van der Waals surface area (Å²) in [4.78, 5) is 25.1. The topological polar surface area (TPSA) is 64.3 Å². The number of piperidine rings is 1. The van der Waals surface area contributed by atoms with Crippen molar-refractivity contribution in [3.63, 3.8) is 0 Å². The number of carbonyl (C=O) groups is 1. The van der Waals surface area contributed by atoms with E-state index in [0.29, 0.717) is 43.7 Å². The Morgan fingerprint density at radius 3 is 2.22 bits per heavy atom. The third kappa shape index (κ3) is 7.15. The lowest BCUT2D eigenvalue weighted by atomic mass is 9.94. The molecule has 0 radical (unpaired) electrons. The second kappa shape index (κ2) is 13.6. The van der Waals surface area contributed by atoms with E-state index in [1.807, 2.05) is 53.4 Å². The standard InChI is InChI=1S/C37H36F3N5O/c1-26-12-15-30(22-33(26)37(38,39)40)35(34-23-41-25-42-34)44-20-18-32(19-21-44)45(36(46)43-31-10-6-3-7-11-31)24-27-13-16-29(17-14-27)28-8-4-2-5-9-28/h2-17,22-23,25,32,35H,18-21,24H2,1H3,(H,41,42)(H,43,46). The van der Waals surface area contributed by atoms with E-state index in [0.717, 1.165) is 22.4 Å². The molecule has 1 unspecified atom stereocenters. The second-order valence-electron chi connectivity index (χ2n) is 11.7. The van der Waals surface area contributed by atoms with Crippen molar-refractivity contribution in [3.8, 4) is 11.1 Å². The average molecular weight is 624 g/mol. The van der Waals surface area contributed by atoms with Crippen LogP contribution in [0.4, 0.5) is 23.7 Å². The Morgan fingerprint density at radius 1 is 0.935 bits per heavy atom. The Labute approximate surface area is 266 Å². The van der Waals surface area contributed by atoms with Crippen LogP contribution in [0.5, 0.6) is 0 Å². The molecular formula is C37H36F3N5O. The Morgan fingerprint density at radius 2 is 1.59 bits per heavy atom. The summed E-state index contributed by atoms with van der Waals surface area (Å²) in [6.07, 6.45) is 0.0899. The van der Waals surface area contributed by atoms with Gasteiger partial charge in [-0.15, -0.1) is 0 Å². The third-order valence-electron chi connectivity index (χ3n) is 8.70. The van der Waals surface area contributed by atoms with E-state index in [-0.39, 0.29) is 17.6 Å². The zero-order chi connectivity index (χ0) is 32.1. The Bertz CT molecular complexity index is 1720. The van der Waals surface area contributed by atoms with Gasteiger partial charge in [0.25, 0.3) is 0 Å². The monoisotopic (exact) mass is 623 g/mol. The molecule has 0 spiro atoms. The number of para-hydroxylation sites is 1. The van der Waals surface area contributed by atoms with Crippen molar-refractivity contribution in [2.24, 2.45) is 0 Å². The molecule has 1 atom stereocenters. The molecule has 46 heavy (non-hydrogen) atoms. The molecule has 0 aliphatic carbocycles. The first-order valence-corrected chi connectivity index (χ1v) is 15.4. The number of aryl methyl sites for hydroxylation is 1. The van der Waals surface area contributed by atoms with Crippen LogP contribution in [-0.2, 0) is 12.7 Å². The number of likely N-dealkylation sites (tertiary alicyclic amines) is 1. The summed E-state index contributed by atoms with van der Waals surface area (Å²) in [5.74, 6) is 0. The highest BCUT2D eigenvalue weighted by molar-refractivity contribution is 5.89. The summed E-state index contributed by atoms with van der Waals surface area (Å²) >= 11 is 0. The highest BCUT2D eigenvalue weighted by atomic mass is 19.4. The van der Waals surface area contributed by atoms with Gasteiger partial charge >= 0.3 is 12.2 Å². The van der Waals surface area contributed by atoms with Crippen LogP contribution in [0.2, 0.25) is 0 Å². The quantitative estimate of drug-likeness (QED) is 0.182. The van der Waals surface area contributed by atoms with Gasteiger partial charge in [0.15, 0.2) is 0 Å². The first-order valence-electron chi connectivity index (χ1n) is 15.4. The minimum Gasteiger partial charge on any atom is -0.347 e. The summed E-state index contributed by atoms with van der Waals surface area (Å²) in [7, 11) is 0. The Hall–Kier alpha value is -4.89. The molecule has 1 aliphatic heterocycles. The number of H-pyrrole nitrogens is 1. The van der Waals surface area contributed by atoms with Crippen molar-refractivity contribution >= 4 is 11.7 Å². The van der Waals surface area contributed by atoms with Crippen LogP contribution >= 0.6 is 0 Å². The number of hydrogen-bond donors (Lipinski definition) is 2. The lowest BCUT2D eigenvalue weighted by Crippen LogP contribution is -2.49. The third-order valence-corrected chi connectivity index (χ3v) is 8.70. The fraction of sp³-hybridized carbons (Fsp3) is 0.243. The van der Waals surface area contributed by atoms with Crippen LogP contribution in [0.3, 0.4) is 0 Å². The molecular weight excluding hydrogens is 587 g/mol. The van der Waals surface area contributed by atoms with Gasteiger partial charge in [-0.1, -0.05) is 84.9 Å². The number of rotatable bonds is 8. The van der Waals surface area contributed by atoms with Gasteiger partial charge in [-0.05, 0) is 65.8 Å². The first kappa shape index (κ1) is 31.1. The van der Waals surface area contributed by atoms with Crippen molar-refractivity contribution in [2.75, 3.05) is 18.4 Å². The van der Waals surface area contributed by atoms with Crippen LogP contribution in [0.1, 0.15) is 46.8 Å². The lowest BCUT2D eigenvalue weighted by Gasteiger charge is -2.41. The molecule has 2 N–H and O–H groups in total. The summed E-state index contributed by atoms with van der Waals surface area (Å²) < 4.78 is 41.6. The predicted octanol–water partition coefficient (Wildman–Crippen LogP) is 8.69. The second-order valence-corrected chi connectivity index (χ2v) is 11.7. The summed E-state index contributed by atoms with van der Waals surface area (Å²) in [6, 6.07) is 31.7. The van der Waals surface area contributed by atoms with Gasteiger partial charge in [-0.2, -0.15) is 13.2 Å². The van der Waals surface area contributed by atoms with E-state index in [9.17, 15) is 18.0 Å². The van der Waals surface area contributed by atoms with Crippen LogP contribution in [-0.4, -0.2) is 44.9 Å². The van der Waals surface area contributed by atoms with Crippen LogP contribution in [0, 0.1) is 6.92 Å². The molecule has 1 aromatic heterocycles. The number of aromatic nitrogens is 2. The van der Waals surface area contributed by atoms with Crippen molar-refractivity contribution < 1.29 is 18.0 Å². The fourth-order valence-electron chi connectivity index (χ4n) is 6.29. The van der Waals surface area contributed by atoms with Gasteiger partial charge in [-0.3, -0.25) is 4.90 Å². The number of aromatic amines is 1. The highest BCUT2D eigenvalue weighted by Gasteiger charge is 2.36. The maximum Gasteiger partial charge on any atom is 0.416 e. The van der Waals surface area contributed by atoms with E-state index >= 15 is 0 Å². The molecule has 6 nitrogen and oxygen atoms in total. The summed E-state index contributed by atoms with van der Waals surface area (Å²) in [5.41, 5.74) is 4.80. The van der Waals surface area contributed by atoms with Crippen LogP contribution < -0.4 is 5.32 Å². The number of benzene rings is 4. The first-order chi connectivity index (χ1) is 22.3. The van der Waals surface area contributed by atoms with Gasteiger partial charge in [0.1, 0.15) is 0 Å². The number of hydrogen-bond acceptors (Lipinski definition) is 3. The molecule has 236 valence electrons. The largest absolute Gasteiger partial charge is 0.416 e.